The Hall–Kier alpha value is -1.59. The number of likely N-dealkylation sites (tertiary alicyclic amines) is 1. The molecule has 2 rings (SSSR count). The van der Waals surface area contributed by atoms with Crippen LogP contribution in [0, 0.1) is 6.92 Å². The third kappa shape index (κ3) is 5.21. The summed E-state index contributed by atoms with van der Waals surface area (Å²) in [5.41, 5.74) is 2.39. The number of carbonyl (C=O) groups is 1. The molecule has 1 aliphatic heterocycles. The molecule has 1 N–H and O–H groups in total. The lowest BCUT2D eigenvalue weighted by Crippen LogP contribution is -2.46. The van der Waals surface area contributed by atoms with Gasteiger partial charge in [-0.05, 0) is 44.0 Å². The molecule has 1 aliphatic rings. The third-order valence-electron chi connectivity index (χ3n) is 4.87. The molecule has 1 saturated heterocycles. The Labute approximate surface area is 146 Å². The van der Waals surface area contributed by atoms with Crippen LogP contribution < -0.4 is 5.32 Å². The van der Waals surface area contributed by atoms with Crippen LogP contribution >= 0.6 is 0 Å². The van der Waals surface area contributed by atoms with Crippen LogP contribution in [0.2, 0.25) is 0 Å². The van der Waals surface area contributed by atoms with E-state index in [2.05, 4.69) is 36.2 Å². The maximum absolute atomic E-state index is 12.7. The third-order valence-corrected chi connectivity index (χ3v) is 4.87. The van der Waals surface area contributed by atoms with Crippen LogP contribution in [0.1, 0.15) is 30.9 Å². The van der Waals surface area contributed by atoms with E-state index < -0.39 is 0 Å². The summed E-state index contributed by atoms with van der Waals surface area (Å²) in [5.74, 6) is 0. The molecule has 134 valence electrons. The van der Waals surface area contributed by atoms with Crippen molar-refractivity contribution < 1.29 is 9.53 Å². The summed E-state index contributed by atoms with van der Waals surface area (Å²) in [6.07, 6.45) is 2.40. The van der Waals surface area contributed by atoms with E-state index in [1.54, 1.807) is 7.11 Å². The number of urea groups is 1. The molecule has 1 fully saturated rings. The van der Waals surface area contributed by atoms with Gasteiger partial charge in [-0.3, -0.25) is 4.90 Å². The zero-order valence-corrected chi connectivity index (χ0v) is 15.3. The minimum absolute atomic E-state index is 0.00161. The fourth-order valence-corrected chi connectivity index (χ4v) is 3.31. The predicted octanol–water partition coefficient (Wildman–Crippen LogP) is 2.64. The van der Waals surface area contributed by atoms with Crippen LogP contribution in [-0.2, 0) is 11.3 Å². The van der Waals surface area contributed by atoms with Gasteiger partial charge in [0.25, 0.3) is 0 Å². The summed E-state index contributed by atoms with van der Waals surface area (Å²) in [7, 11) is 1.67. The van der Waals surface area contributed by atoms with Gasteiger partial charge in [-0.25, -0.2) is 4.79 Å². The molecule has 2 amide bonds. The Morgan fingerprint density at radius 1 is 1.42 bits per heavy atom. The maximum Gasteiger partial charge on any atom is 0.317 e. The van der Waals surface area contributed by atoms with E-state index in [0.717, 1.165) is 19.6 Å². The number of nitrogens with one attached hydrogen (secondary N) is 1. The van der Waals surface area contributed by atoms with Crippen molar-refractivity contribution in [2.24, 2.45) is 0 Å². The largest absolute Gasteiger partial charge is 0.383 e. The van der Waals surface area contributed by atoms with Crippen molar-refractivity contribution in [1.29, 1.82) is 0 Å². The van der Waals surface area contributed by atoms with Gasteiger partial charge in [0.15, 0.2) is 0 Å². The van der Waals surface area contributed by atoms with E-state index >= 15 is 0 Å². The minimum Gasteiger partial charge on any atom is -0.383 e. The number of nitrogens with zero attached hydrogens (tertiary/aromatic N) is 2. The van der Waals surface area contributed by atoms with E-state index in [4.69, 9.17) is 4.74 Å². The van der Waals surface area contributed by atoms with Crippen molar-refractivity contribution in [2.45, 2.75) is 39.3 Å². The van der Waals surface area contributed by atoms with Crippen molar-refractivity contribution in [2.75, 3.05) is 39.9 Å². The second-order valence-electron chi connectivity index (χ2n) is 6.45. The molecule has 5 nitrogen and oxygen atoms in total. The topological polar surface area (TPSA) is 44.8 Å². The van der Waals surface area contributed by atoms with Gasteiger partial charge in [-0.1, -0.05) is 31.2 Å². The van der Waals surface area contributed by atoms with Gasteiger partial charge in [0.2, 0.25) is 0 Å². The van der Waals surface area contributed by atoms with Crippen molar-refractivity contribution in [3.63, 3.8) is 0 Å². The number of amides is 2. The number of rotatable bonds is 8. The first-order valence-corrected chi connectivity index (χ1v) is 8.96. The number of methoxy groups -OCH3 is 1. The Morgan fingerprint density at radius 3 is 2.92 bits per heavy atom. The zero-order chi connectivity index (χ0) is 17.4. The lowest BCUT2D eigenvalue weighted by Gasteiger charge is -2.27. The molecule has 0 bridgehead atoms. The fraction of sp³-hybridized carbons (Fsp3) is 0.632. The highest BCUT2D eigenvalue weighted by atomic mass is 16.5. The van der Waals surface area contributed by atoms with Crippen molar-refractivity contribution in [3.05, 3.63) is 35.4 Å². The average Bonchev–Trinajstić information content (AvgIpc) is 3.05. The van der Waals surface area contributed by atoms with Gasteiger partial charge in [-0.15, -0.1) is 0 Å². The number of aryl methyl sites for hydroxylation is 1. The highest BCUT2D eigenvalue weighted by Gasteiger charge is 2.24. The first kappa shape index (κ1) is 18.7. The smallest absolute Gasteiger partial charge is 0.317 e. The Bertz CT molecular complexity index is 521. The minimum atomic E-state index is -0.00161. The standard InChI is InChI=1S/C19H31N3O2/c1-4-21-11-7-10-18(21)14-20-19(23)22(12-13-24-3)15-17-9-6-5-8-16(17)2/h5-6,8-9,18H,4,7,10-15H2,1-3H3,(H,20,23). The Balaban J connectivity index is 1.93. The first-order chi connectivity index (χ1) is 11.7. The molecule has 24 heavy (non-hydrogen) atoms. The van der Waals surface area contributed by atoms with E-state index in [1.807, 2.05) is 17.0 Å². The molecular weight excluding hydrogens is 302 g/mol. The van der Waals surface area contributed by atoms with E-state index in [0.29, 0.717) is 25.7 Å². The molecule has 0 saturated carbocycles. The molecule has 0 spiro atoms. The molecule has 1 aromatic rings. The van der Waals surface area contributed by atoms with E-state index in [-0.39, 0.29) is 6.03 Å². The molecule has 5 heteroatoms. The van der Waals surface area contributed by atoms with Crippen LogP contribution in [-0.4, -0.2) is 61.8 Å². The molecule has 1 atom stereocenters. The van der Waals surface area contributed by atoms with Gasteiger partial charge in [0, 0.05) is 32.8 Å². The summed E-state index contributed by atoms with van der Waals surface area (Å²) in [5, 5.41) is 3.13. The highest BCUT2D eigenvalue weighted by Crippen LogP contribution is 2.16. The number of carbonyl (C=O) groups excluding carboxylic acids is 1. The quantitative estimate of drug-likeness (QED) is 0.795. The van der Waals surface area contributed by atoms with Gasteiger partial charge >= 0.3 is 6.03 Å². The maximum atomic E-state index is 12.7. The van der Waals surface area contributed by atoms with Crippen molar-refractivity contribution >= 4 is 6.03 Å². The second kappa shape index (κ2) is 9.64. The summed E-state index contributed by atoms with van der Waals surface area (Å²) in [6, 6.07) is 8.68. The average molecular weight is 333 g/mol. The van der Waals surface area contributed by atoms with E-state index in [9.17, 15) is 4.79 Å². The van der Waals surface area contributed by atoms with Gasteiger partial charge in [0.05, 0.1) is 6.61 Å². The lowest BCUT2D eigenvalue weighted by molar-refractivity contribution is 0.144. The molecule has 1 heterocycles. The SMILES string of the molecule is CCN1CCCC1CNC(=O)N(CCOC)Cc1ccccc1C. The van der Waals surface area contributed by atoms with Crippen molar-refractivity contribution in [3.8, 4) is 0 Å². The lowest BCUT2D eigenvalue weighted by atomic mass is 10.1. The Morgan fingerprint density at radius 2 is 2.21 bits per heavy atom. The number of ether oxygens (including phenoxy) is 1. The number of hydrogen-bond acceptors (Lipinski definition) is 3. The molecular formula is C19H31N3O2. The molecule has 0 radical (unpaired) electrons. The summed E-state index contributed by atoms with van der Waals surface area (Å²) < 4.78 is 5.17. The Kier molecular flexibility index (Phi) is 7.53. The molecule has 1 unspecified atom stereocenters. The second-order valence-corrected chi connectivity index (χ2v) is 6.45. The molecule has 0 aliphatic carbocycles. The predicted molar refractivity (Wildman–Crippen MR) is 97.1 cm³/mol. The number of hydrogen-bond donors (Lipinski definition) is 1. The van der Waals surface area contributed by atoms with Gasteiger partial charge < -0.3 is 15.0 Å². The number of likely N-dealkylation sites (N-methyl/N-ethyl adjacent to an activating group) is 1. The summed E-state index contributed by atoms with van der Waals surface area (Å²) in [4.78, 5) is 16.9. The summed E-state index contributed by atoms with van der Waals surface area (Å²) >= 11 is 0. The molecule has 1 aromatic carbocycles. The van der Waals surface area contributed by atoms with Gasteiger partial charge in [0.1, 0.15) is 0 Å². The van der Waals surface area contributed by atoms with Crippen LogP contribution in [0.4, 0.5) is 4.79 Å². The first-order valence-electron chi connectivity index (χ1n) is 8.96. The normalized spacial score (nSPS) is 17.9. The van der Waals surface area contributed by atoms with Crippen LogP contribution in [0.3, 0.4) is 0 Å². The number of benzene rings is 1. The monoisotopic (exact) mass is 333 g/mol. The highest BCUT2D eigenvalue weighted by molar-refractivity contribution is 5.74. The molecule has 0 aromatic heterocycles. The summed E-state index contributed by atoms with van der Waals surface area (Å²) in [6.45, 7) is 8.95. The van der Waals surface area contributed by atoms with Crippen molar-refractivity contribution in [1.82, 2.24) is 15.1 Å². The van der Waals surface area contributed by atoms with Crippen LogP contribution in [0.5, 0.6) is 0 Å². The van der Waals surface area contributed by atoms with Crippen LogP contribution in [0.25, 0.3) is 0 Å². The van der Waals surface area contributed by atoms with E-state index in [1.165, 1.54) is 24.0 Å². The van der Waals surface area contributed by atoms with Crippen LogP contribution in [0.15, 0.2) is 24.3 Å². The zero-order valence-electron chi connectivity index (χ0n) is 15.3. The van der Waals surface area contributed by atoms with Gasteiger partial charge in [-0.2, -0.15) is 0 Å². The fourth-order valence-electron chi connectivity index (χ4n) is 3.31.